The van der Waals surface area contributed by atoms with Gasteiger partial charge in [0.1, 0.15) is 0 Å². The molecule has 0 atom stereocenters. The van der Waals surface area contributed by atoms with E-state index in [0.717, 1.165) is 68.9 Å². The molecule has 0 radical (unpaired) electrons. The molecule has 240 valence electrons. The summed E-state index contributed by atoms with van der Waals surface area (Å²) in [5.41, 5.74) is 10.9. The lowest BCUT2D eigenvalue weighted by atomic mass is 9.92. The second-order valence-electron chi connectivity index (χ2n) is 11.2. The number of anilines is 1. The number of aliphatic hydroxyl groups is 2. The van der Waals surface area contributed by atoms with E-state index in [9.17, 15) is 0 Å². The lowest BCUT2D eigenvalue weighted by Crippen LogP contribution is -2.17. The number of benzene rings is 2. The molecule has 0 amide bonds. The van der Waals surface area contributed by atoms with Crippen LogP contribution in [0.25, 0.3) is 33.9 Å². The molecule has 0 saturated carbocycles. The van der Waals surface area contributed by atoms with Crippen LogP contribution in [0, 0.1) is 13.8 Å². The zero-order chi connectivity index (χ0) is 32.5. The van der Waals surface area contributed by atoms with Gasteiger partial charge in [-0.05, 0) is 71.8 Å². The largest absolute Gasteiger partial charge is 0.395 e. The fourth-order valence-electron chi connectivity index (χ4n) is 5.41. The van der Waals surface area contributed by atoms with Crippen molar-refractivity contribution in [3.8, 4) is 22.5 Å². The van der Waals surface area contributed by atoms with E-state index in [2.05, 4.69) is 73.1 Å². The van der Waals surface area contributed by atoms with Crippen molar-refractivity contribution < 1.29 is 10.2 Å². The predicted octanol–water partition coefficient (Wildman–Crippen LogP) is 6.15. The minimum Gasteiger partial charge on any atom is -0.395 e. The molecule has 3 heterocycles. The van der Waals surface area contributed by atoms with Gasteiger partial charge in [-0.3, -0.25) is 4.98 Å². The van der Waals surface area contributed by atoms with Crippen LogP contribution < -0.4 is 16.0 Å². The van der Waals surface area contributed by atoms with Gasteiger partial charge in [-0.25, -0.2) is 9.50 Å². The second-order valence-corrected chi connectivity index (χ2v) is 11.6. The van der Waals surface area contributed by atoms with Crippen molar-refractivity contribution in [3.63, 3.8) is 0 Å². The fraction of sp³-hybridized carbons (Fsp3) is 0.306. The average molecular weight is 640 g/mol. The Morgan fingerprint density at radius 1 is 0.891 bits per heavy atom. The summed E-state index contributed by atoms with van der Waals surface area (Å²) in [5, 5.41) is 33.5. The van der Waals surface area contributed by atoms with Gasteiger partial charge >= 0.3 is 0 Å². The molecular formula is C36H42ClN7O2. The van der Waals surface area contributed by atoms with Crippen molar-refractivity contribution in [2.75, 3.05) is 31.6 Å². The third-order valence-corrected chi connectivity index (χ3v) is 8.16. The third-order valence-electron chi connectivity index (χ3n) is 7.89. The van der Waals surface area contributed by atoms with Crippen LogP contribution in [0.15, 0.2) is 73.1 Å². The number of aromatic nitrogens is 4. The molecule has 0 aliphatic heterocycles. The number of nitrogens with zero attached hydrogens (tertiary/aromatic N) is 4. The van der Waals surface area contributed by atoms with Crippen LogP contribution in [0.5, 0.6) is 0 Å². The summed E-state index contributed by atoms with van der Waals surface area (Å²) < 4.78 is 1.73. The van der Waals surface area contributed by atoms with Gasteiger partial charge in [-0.2, -0.15) is 0 Å². The van der Waals surface area contributed by atoms with Gasteiger partial charge in [0.2, 0.25) is 0 Å². The highest BCUT2D eigenvalue weighted by atomic mass is 35.5. The average Bonchev–Trinajstić information content (AvgIpc) is 3.49. The van der Waals surface area contributed by atoms with E-state index in [-0.39, 0.29) is 13.2 Å². The van der Waals surface area contributed by atoms with E-state index in [1.165, 1.54) is 0 Å². The molecule has 0 saturated heterocycles. The maximum Gasteiger partial charge on any atom is 0.182 e. The van der Waals surface area contributed by atoms with E-state index < -0.39 is 0 Å². The predicted molar refractivity (Wildman–Crippen MR) is 187 cm³/mol. The number of rotatable bonds is 15. The fourth-order valence-corrected chi connectivity index (χ4v) is 5.68. The molecule has 0 fully saturated rings. The Labute approximate surface area is 275 Å². The lowest BCUT2D eigenvalue weighted by Gasteiger charge is -2.18. The Bertz CT molecular complexity index is 1800. The molecule has 0 unspecified atom stereocenters. The van der Waals surface area contributed by atoms with Crippen molar-refractivity contribution in [1.29, 1.82) is 0 Å². The SMILES string of the molecule is CCC/C=C(/Nc1cccc(-c2cccc(-c3nc4c(Cl)cc(CNCCO)cn4n3)c2C)c1C)c1ccc(CNCCO)cn1. The highest BCUT2D eigenvalue weighted by Gasteiger charge is 2.17. The molecule has 5 aromatic rings. The molecule has 5 N–H and O–H groups in total. The Balaban J connectivity index is 1.44. The van der Waals surface area contributed by atoms with E-state index in [4.69, 9.17) is 36.9 Å². The van der Waals surface area contributed by atoms with Crippen LogP contribution in [0.2, 0.25) is 5.02 Å². The van der Waals surface area contributed by atoms with Gasteiger partial charge < -0.3 is 26.2 Å². The minimum absolute atomic E-state index is 0.0740. The monoisotopic (exact) mass is 639 g/mol. The summed E-state index contributed by atoms with van der Waals surface area (Å²) in [6.07, 6.45) is 7.97. The Morgan fingerprint density at radius 3 is 2.28 bits per heavy atom. The highest BCUT2D eigenvalue weighted by molar-refractivity contribution is 6.33. The first-order chi connectivity index (χ1) is 22.4. The zero-order valence-corrected chi connectivity index (χ0v) is 27.4. The van der Waals surface area contributed by atoms with E-state index in [0.29, 0.717) is 42.7 Å². The number of unbranched alkanes of at least 4 members (excludes halogenated alkanes) is 1. The number of fused-ring (bicyclic) bond motifs is 1. The third kappa shape index (κ3) is 7.81. The number of hydrogen-bond donors (Lipinski definition) is 5. The summed E-state index contributed by atoms with van der Waals surface area (Å²) in [5.74, 6) is 0.611. The maximum absolute atomic E-state index is 9.08. The molecule has 0 bridgehead atoms. The normalized spacial score (nSPS) is 11.8. The van der Waals surface area contributed by atoms with Crippen molar-refractivity contribution in [2.24, 2.45) is 0 Å². The summed E-state index contributed by atoms with van der Waals surface area (Å²) in [6.45, 7) is 8.89. The van der Waals surface area contributed by atoms with Gasteiger partial charge in [-0.1, -0.05) is 67.4 Å². The topological polar surface area (TPSA) is 120 Å². The first-order valence-electron chi connectivity index (χ1n) is 15.7. The summed E-state index contributed by atoms with van der Waals surface area (Å²) in [4.78, 5) is 9.55. The summed E-state index contributed by atoms with van der Waals surface area (Å²) in [7, 11) is 0. The Hall–Kier alpha value is -4.12. The highest BCUT2D eigenvalue weighted by Crippen LogP contribution is 2.36. The minimum atomic E-state index is 0.0740. The van der Waals surface area contributed by atoms with Gasteiger partial charge in [0.05, 0.1) is 29.6 Å². The van der Waals surface area contributed by atoms with Crippen LogP contribution in [-0.2, 0) is 13.1 Å². The number of pyridine rings is 2. The van der Waals surface area contributed by atoms with E-state index >= 15 is 0 Å². The van der Waals surface area contributed by atoms with Gasteiger partial charge in [-0.15, -0.1) is 5.10 Å². The molecule has 9 nitrogen and oxygen atoms in total. The summed E-state index contributed by atoms with van der Waals surface area (Å²) in [6, 6.07) is 18.5. The Kier molecular flexibility index (Phi) is 11.5. The molecule has 3 aromatic heterocycles. The van der Waals surface area contributed by atoms with Gasteiger partial charge in [0, 0.05) is 49.8 Å². The molecule has 46 heavy (non-hydrogen) atoms. The van der Waals surface area contributed by atoms with Crippen LogP contribution in [0.1, 0.15) is 47.7 Å². The number of nitrogens with one attached hydrogen (secondary N) is 3. The first-order valence-corrected chi connectivity index (χ1v) is 16.1. The van der Waals surface area contributed by atoms with Gasteiger partial charge in [0.15, 0.2) is 11.5 Å². The molecule has 0 aliphatic carbocycles. The quantitative estimate of drug-likeness (QED) is 0.0866. The number of halogens is 1. The standard InChI is InChI=1S/C36H42ClN7O2/c1-4-5-11-34(33-14-13-26(22-40-33)20-38-15-17-45)41-32-12-7-9-29(25(32)3)28-8-6-10-30(24(28)2)35-42-36-31(37)19-27(21-39-16-18-46)23-44(36)43-35/h6-14,19,22-23,38-39,41,45-46H,4-5,15-18,20-21H2,1-3H3/b34-11+. The number of hydrogen-bond acceptors (Lipinski definition) is 8. The molecule has 0 spiro atoms. The second kappa shape index (κ2) is 15.9. The van der Waals surface area contributed by atoms with Crippen LogP contribution in [0.3, 0.4) is 0 Å². The van der Waals surface area contributed by atoms with E-state index in [1.807, 2.05) is 36.7 Å². The molecule has 5 rings (SSSR count). The Morgan fingerprint density at radius 2 is 1.59 bits per heavy atom. The molecular weight excluding hydrogens is 598 g/mol. The summed E-state index contributed by atoms with van der Waals surface area (Å²) >= 11 is 6.60. The number of aliphatic hydroxyl groups excluding tert-OH is 2. The van der Waals surface area contributed by atoms with Crippen molar-refractivity contribution in [3.05, 3.63) is 106 Å². The molecule has 10 heteroatoms. The van der Waals surface area contributed by atoms with Crippen LogP contribution in [0.4, 0.5) is 5.69 Å². The van der Waals surface area contributed by atoms with Crippen LogP contribution in [-0.4, -0.2) is 56.1 Å². The molecule has 0 aliphatic rings. The van der Waals surface area contributed by atoms with Crippen molar-refractivity contribution in [1.82, 2.24) is 30.2 Å². The van der Waals surface area contributed by atoms with Crippen LogP contribution >= 0.6 is 11.6 Å². The van der Waals surface area contributed by atoms with E-state index in [1.54, 1.807) is 4.52 Å². The first kappa shape index (κ1) is 33.2. The van der Waals surface area contributed by atoms with Crippen molar-refractivity contribution in [2.45, 2.75) is 46.7 Å². The lowest BCUT2D eigenvalue weighted by molar-refractivity contribution is 0.291. The smallest absolute Gasteiger partial charge is 0.182 e. The zero-order valence-electron chi connectivity index (χ0n) is 26.6. The molecule has 2 aromatic carbocycles. The van der Waals surface area contributed by atoms with Crippen molar-refractivity contribution >= 4 is 28.6 Å². The maximum atomic E-state index is 9.08. The van der Waals surface area contributed by atoms with Gasteiger partial charge in [0.25, 0.3) is 0 Å². The number of allylic oxidation sites excluding steroid dienone is 1.